The SMILES string of the molecule is COc1cccc(-c2cc(C(=O)Nc3sc(C(=O)OC(C)C)c(C)c3C(=O)OC(C)C)c3ccccc3n2)c1. The Bertz CT molecular complexity index is 1560. The molecule has 1 amide bonds. The monoisotopic (exact) mass is 546 g/mol. The summed E-state index contributed by atoms with van der Waals surface area (Å²) in [6.45, 7) is 8.59. The summed E-state index contributed by atoms with van der Waals surface area (Å²) < 4.78 is 16.1. The van der Waals surface area contributed by atoms with Crippen LogP contribution in [-0.2, 0) is 9.47 Å². The van der Waals surface area contributed by atoms with Crippen molar-refractivity contribution in [2.45, 2.75) is 46.8 Å². The summed E-state index contributed by atoms with van der Waals surface area (Å²) in [6.07, 6.45) is -0.734. The first-order valence-corrected chi connectivity index (χ1v) is 13.3. The summed E-state index contributed by atoms with van der Waals surface area (Å²) in [7, 11) is 1.59. The number of esters is 2. The first-order chi connectivity index (χ1) is 18.6. The number of carbonyl (C=O) groups is 3. The number of amides is 1. The average Bonchev–Trinajstić information content (AvgIpc) is 3.22. The Morgan fingerprint density at radius 1 is 0.897 bits per heavy atom. The highest BCUT2D eigenvalue weighted by Crippen LogP contribution is 2.36. The number of methoxy groups -OCH3 is 1. The molecule has 0 saturated carbocycles. The van der Waals surface area contributed by atoms with Crippen LogP contribution in [0.1, 0.15) is 63.6 Å². The van der Waals surface area contributed by atoms with Gasteiger partial charge < -0.3 is 19.5 Å². The van der Waals surface area contributed by atoms with Gasteiger partial charge in [0, 0.05) is 10.9 Å². The number of carbonyl (C=O) groups excluding carboxylic acids is 3. The third-order valence-electron chi connectivity index (χ3n) is 5.78. The molecular weight excluding hydrogens is 516 g/mol. The molecule has 8 nitrogen and oxygen atoms in total. The third kappa shape index (κ3) is 6.09. The van der Waals surface area contributed by atoms with Gasteiger partial charge in [-0.15, -0.1) is 11.3 Å². The van der Waals surface area contributed by atoms with Crippen LogP contribution in [0.4, 0.5) is 5.00 Å². The second-order valence-corrected chi connectivity index (χ2v) is 10.4. The standard InChI is InChI=1S/C30H30N2O6S/c1-16(2)37-29(34)25-18(5)26(30(35)38-17(3)4)39-28(25)32-27(33)22-15-24(19-10-9-11-20(14-19)36-6)31-23-13-8-7-12-21(22)23/h7-17H,1-6H3,(H,32,33). The number of anilines is 1. The number of nitrogens with zero attached hydrogens (tertiary/aromatic N) is 1. The van der Waals surface area contributed by atoms with E-state index in [9.17, 15) is 14.4 Å². The molecule has 0 spiro atoms. The molecular formula is C30H30N2O6S. The van der Waals surface area contributed by atoms with Crippen LogP contribution in [0.2, 0.25) is 0 Å². The molecule has 2 aromatic heterocycles. The van der Waals surface area contributed by atoms with E-state index in [0.29, 0.717) is 33.5 Å². The number of nitrogens with one attached hydrogen (secondary N) is 1. The van der Waals surface area contributed by atoms with Crippen molar-refractivity contribution >= 4 is 45.1 Å². The maximum atomic E-state index is 13.8. The molecule has 0 bridgehead atoms. The van der Waals surface area contributed by atoms with Crippen molar-refractivity contribution in [3.05, 3.63) is 76.2 Å². The lowest BCUT2D eigenvalue weighted by Crippen LogP contribution is -2.17. The molecule has 2 heterocycles. The van der Waals surface area contributed by atoms with Crippen LogP contribution in [0.25, 0.3) is 22.2 Å². The van der Waals surface area contributed by atoms with Gasteiger partial charge in [-0.2, -0.15) is 0 Å². The van der Waals surface area contributed by atoms with E-state index in [1.807, 2.05) is 48.5 Å². The second-order valence-electron chi connectivity index (χ2n) is 9.43. The van der Waals surface area contributed by atoms with Gasteiger partial charge in [-0.3, -0.25) is 4.79 Å². The van der Waals surface area contributed by atoms with Gasteiger partial charge in [0.1, 0.15) is 15.6 Å². The van der Waals surface area contributed by atoms with Crippen LogP contribution in [0, 0.1) is 6.92 Å². The first kappa shape index (κ1) is 27.8. The van der Waals surface area contributed by atoms with Crippen LogP contribution >= 0.6 is 11.3 Å². The zero-order valence-corrected chi connectivity index (χ0v) is 23.5. The Morgan fingerprint density at radius 3 is 2.28 bits per heavy atom. The van der Waals surface area contributed by atoms with Gasteiger partial charge in [0.15, 0.2) is 0 Å². The number of para-hydroxylation sites is 1. The largest absolute Gasteiger partial charge is 0.497 e. The van der Waals surface area contributed by atoms with Crippen molar-refractivity contribution in [2.24, 2.45) is 0 Å². The molecule has 0 saturated heterocycles. The van der Waals surface area contributed by atoms with Gasteiger partial charge in [-0.05, 0) is 64.4 Å². The lowest BCUT2D eigenvalue weighted by Gasteiger charge is -2.12. The number of aromatic nitrogens is 1. The first-order valence-electron chi connectivity index (χ1n) is 12.5. The van der Waals surface area contributed by atoms with E-state index in [1.54, 1.807) is 47.8 Å². The van der Waals surface area contributed by atoms with Gasteiger partial charge in [-0.25, -0.2) is 14.6 Å². The molecule has 202 valence electrons. The molecule has 39 heavy (non-hydrogen) atoms. The van der Waals surface area contributed by atoms with E-state index < -0.39 is 17.8 Å². The molecule has 1 N–H and O–H groups in total. The van der Waals surface area contributed by atoms with Crippen molar-refractivity contribution in [3.63, 3.8) is 0 Å². The molecule has 2 aromatic carbocycles. The predicted octanol–water partition coefficient (Wildman–Crippen LogP) is 6.66. The van der Waals surface area contributed by atoms with Gasteiger partial charge in [0.25, 0.3) is 5.91 Å². The second kappa shape index (κ2) is 11.7. The summed E-state index contributed by atoms with van der Waals surface area (Å²) in [5, 5.41) is 3.71. The lowest BCUT2D eigenvalue weighted by atomic mass is 10.0. The number of hydrogen-bond donors (Lipinski definition) is 1. The maximum absolute atomic E-state index is 13.8. The van der Waals surface area contributed by atoms with Crippen LogP contribution in [0.3, 0.4) is 0 Å². The zero-order chi connectivity index (χ0) is 28.3. The Labute approximate surface area is 230 Å². The summed E-state index contributed by atoms with van der Waals surface area (Å²) in [5.74, 6) is -0.992. The molecule has 0 aliphatic rings. The number of benzene rings is 2. The van der Waals surface area contributed by atoms with Crippen molar-refractivity contribution in [1.82, 2.24) is 4.98 Å². The van der Waals surface area contributed by atoms with Crippen molar-refractivity contribution in [3.8, 4) is 17.0 Å². The van der Waals surface area contributed by atoms with E-state index in [-0.39, 0.29) is 27.6 Å². The van der Waals surface area contributed by atoms with Crippen LogP contribution in [0.5, 0.6) is 5.75 Å². The Kier molecular flexibility index (Phi) is 8.30. The fraction of sp³-hybridized carbons (Fsp3) is 0.267. The molecule has 0 unspecified atom stereocenters. The van der Waals surface area contributed by atoms with Crippen molar-refractivity contribution in [1.29, 1.82) is 0 Å². The van der Waals surface area contributed by atoms with Crippen LogP contribution in [-0.4, -0.2) is 42.1 Å². The highest BCUT2D eigenvalue weighted by atomic mass is 32.1. The average molecular weight is 547 g/mol. The number of fused-ring (bicyclic) bond motifs is 1. The molecule has 4 rings (SSSR count). The highest BCUT2D eigenvalue weighted by molar-refractivity contribution is 7.18. The topological polar surface area (TPSA) is 104 Å². The summed E-state index contributed by atoms with van der Waals surface area (Å²) >= 11 is 0.986. The summed E-state index contributed by atoms with van der Waals surface area (Å²) in [4.78, 5) is 44.6. The molecule has 4 aromatic rings. The highest BCUT2D eigenvalue weighted by Gasteiger charge is 2.29. The smallest absolute Gasteiger partial charge is 0.348 e. The number of hydrogen-bond acceptors (Lipinski definition) is 8. The maximum Gasteiger partial charge on any atom is 0.348 e. The van der Waals surface area contributed by atoms with E-state index in [4.69, 9.17) is 19.2 Å². The Balaban J connectivity index is 1.80. The molecule has 9 heteroatoms. The minimum absolute atomic E-state index is 0.129. The molecule has 0 aliphatic carbocycles. The number of thiophene rings is 1. The van der Waals surface area contributed by atoms with Crippen LogP contribution in [0.15, 0.2) is 54.6 Å². The van der Waals surface area contributed by atoms with Gasteiger partial charge in [-0.1, -0.05) is 30.3 Å². The van der Waals surface area contributed by atoms with Crippen molar-refractivity contribution in [2.75, 3.05) is 12.4 Å². The van der Waals surface area contributed by atoms with Crippen LogP contribution < -0.4 is 10.1 Å². The Morgan fingerprint density at radius 2 is 1.59 bits per heavy atom. The van der Waals surface area contributed by atoms with Gasteiger partial charge in [0.05, 0.1) is 41.7 Å². The minimum Gasteiger partial charge on any atom is -0.497 e. The van der Waals surface area contributed by atoms with E-state index >= 15 is 0 Å². The van der Waals surface area contributed by atoms with Gasteiger partial charge >= 0.3 is 11.9 Å². The summed E-state index contributed by atoms with van der Waals surface area (Å²) in [5.41, 5.74) is 2.87. The number of ether oxygens (including phenoxy) is 3. The zero-order valence-electron chi connectivity index (χ0n) is 22.7. The quantitative estimate of drug-likeness (QED) is 0.246. The molecule has 0 atom stereocenters. The van der Waals surface area contributed by atoms with E-state index in [1.165, 1.54) is 0 Å². The van der Waals surface area contributed by atoms with E-state index in [2.05, 4.69) is 5.32 Å². The molecule has 0 fully saturated rings. The molecule has 0 aliphatic heterocycles. The minimum atomic E-state index is -0.630. The number of rotatable bonds is 8. The Hall–Kier alpha value is -4.24. The number of pyridine rings is 1. The normalized spacial score (nSPS) is 11.1. The van der Waals surface area contributed by atoms with E-state index in [0.717, 1.165) is 16.9 Å². The van der Waals surface area contributed by atoms with Crippen molar-refractivity contribution < 1.29 is 28.6 Å². The summed E-state index contributed by atoms with van der Waals surface area (Å²) in [6, 6.07) is 16.4. The lowest BCUT2D eigenvalue weighted by molar-refractivity contribution is 0.0378. The fourth-order valence-corrected chi connectivity index (χ4v) is 5.12. The molecule has 0 radical (unpaired) electrons. The third-order valence-corrected chi connectivity index (χ3v) is 6.96. The predicted molar refractivity (Wildman–Crippen MR) is 152 cm³/mol. The van der Waals surface area contributed by atoms with Gasteiger partial charge in [0.2, 0.25) is 0 Å². The fourth-order valence-electron chi connectivity index (χ4n) is 4.05.